The molecule has 2 aromatic heterocycles. The number of nitrogens with zero attached hydrogens (tertiary/aromatic N) is 7. The SMILES string of the molecule is Cc1ccccc1[C@@H]1CCCN1C1CC2(CCN(c3ccc(C(=O)NS(=O)(=O)c4cc5c(c([N+](=O)[O-])c4)N[C@@H](CN4CCN(C)CC4)CO5)c(N4CCCOc5nc6[nH]ccc6cc54)c3)CC2)C1. The first-order valence-corrected chi connectivity index (χ1v) is 25.7. The summed E-state index contributed by atoms with van der Waals surface area (Å²) in [7, 11) is -2.57. The van der Waals surface area contributed by atoms with E-state index >= 15 is 0 Å². The summed E-state index contributed by atoms with van der Waals surface area (Å²) in [6, 6.07) is 21.4. The Hall–Kier alpha value is -5.95. The smallest absolute Gasteiger partial charge is 0.297 e. The van der Waals surface area contributed by atoms with Gasteiger partial charge in [-0.3, -0.25) is 24.7 Å². The lowest BCUT2D eigenvalue weighted by atomic mass is 9.59. The van der Waals surface area contributed by atoms with Crippen LogP contribution < -0.4 is 29.3 Å². The molecule has 17 nitrogen and oxygen atoms in total. The van der Waals surface area contributed by atoms with Crippen LogP contribution in [0.4, 0.5) is 28.4 Å². The fourth-order valence-corrected chi connectivity index (χ4v) is 12.7. The largest absolute Gasteiger partial charge is 0.489 e. The number of aromatic nitrogens is 2. The van der Waals surface area contributed by atoms with Gasteiger partial charge in [-0.1, -0.05) is 24.3 Å². The molecule has 358 valence electrons. The first-order chi connectivity index (χ1) is 32.9. The van der Waals surface area contributed by atoms with Gasteiger partial charge in [0.2, 0.25) is 5.88 Å². The van der Waals surface area contributed by atoms with Gasteiger partial charge in [-0.25, -0.2) is 13.1 Å². The summed E-state index contributed by atoms with van der Waals surface area (Å²) >= 11 is 0. The maximum Gasteiger partial charge on any atom is 0.297 e. The summed E-state index contributed by atoms with van der Waals surface area (Å²) < 4.78 is 42.9. The summed E-state index contributed by atoms with van der Waals surface area (Å²) in [5.41, 5.74) is 5.73. The minimum absolute atomic E-state index is 0.0414. The number of likely N-dealkylation sites (N-methyl/N-ethyl adjacent to an activating group) is 1. The normalized spacial score (nSPS) is 22.4. The number of nitro benzene ring substituents is 1. The van der Waals surface area contributed by atoms with Crippen molar-refractivity contribution in [2.24, 2.45) is 5.41 Å². The molecule has 11 rings (SSSR count). The van der Waals surface area contributed by atoms with Gasteiger partial charge in [-0.15, -0.1) is 0 Å². The monoisotopic (exact) mass is 944 g/mol. The van der Waals surface area contributed by atoms with Crippen LogP contribution in [0.15, 0.2) is 77.8 Å². The third-order valence-corrected chi connectivity index (χ3v) is 16.9. The van der Waals surface area contributed by atoms with Crippen molar-refractivity contribution < 1.29 is 27.6 Å². The first-order valence-electron chi connectivity index (χ1n) is 24.2. The number of carbonyl (C=O) groups excluding carboxylic acids is 1. The molecule has 1 amide bonds. The number of sulfonamides is 1. The number of carbonyl (C=O) groups is 1. The van der Waals surface area contributed by atoms with Crippen LogP contribution in [-0.2, 0) is 10.0 Å². The minimum Gasteiger partial charge on any atom is -0.489 e. The molecule has 0 bridgehead atoms. The standard InChI is InChI=1S/C50H60N10O7S/c1-33-7-3-4-8-39(33)41-9-5-16-58(41)37-29-50(30-37)13-18-57(19-14-50)36-10-11-40(42(26-36)59-17-6-24-66-49-44(59)25-34-12-15-51-47(34)53-49)48(61)54-68(64,65)38-27-43(60(62)63)46-45(28-38)67-32-35(52-46)31-56-22-20-55(2)21-23-56/h3-4,7-8,10-12,15,25-28,35,37,41,52H,5-6,9,13-14,16-24,29-32H2,1-2H3,(H,51,53)(H,54,61)/t35-,41-/m0/s1. The topological polar surface area (TPSA) is 182 Å². The molecular formula is C50H60N10O7S. The highest BCUT2D eigenvalue weighted by molar-refractivity contribution is 7.90. The van der Waals surface area contributed by atoms with Crippen molar-refractivity contribution in [2.75, 3.05) is 94.3 Å². The van der Waals surface area contributed by atoms with Gasteiger partial charge in [0, 0.05) is 93.8 Å². The molecule has 6 aliphatic rings. The molecule has 0 radical (unpaired) electrons. The highest BCUT2D eigenvalue weighted by Crippen LogP contribution is 2.54. The van der Waals surface area contributed by atoms with E-state index in [1.807, 2.05) is 35.4 Å². The summed E-state index contributed by atoms with van der Waals surface area (Å²) in [5, 5.41) is 16.6. The maximum atomic E-state index is 14.5. The molecule has 3 aromatic carbocycles. The van der Waals surface area contributed by atoms with E-state index in [4.69, 9.17) is 14.5 Å². The van der Waals surface area contributed by atoms with E-state index in [1.165, 1.54) is 42.9 Å². The number of nitrogens with one attached hydrogen (secondary N) is 3. The van der Waals surface area contributed by atoms with Crippen molar-refractivity contribution in [1.29, 1.82) is 0 Å². The van der Waals surface area contributed by atoms with Crippen molar-refractivity contribution in [3.63, 3.8) is 0 Å². The number of aryl methyl sites for hydroxylation is 1. The lowest BCUT2D eigenvalue weighted by molar-refractivity contribution is -0.384. The number of benzene rings is 3. The molecule has 2 atom stereocenters. The molecule has 1 spiro atoms. The van der Waals surface area contributed by atoms with Gasteiger partial charge in [0.1, 0.15) is 17.9 Å². The molecule has 1 aliphatic carbocycles. The summed E-state index contributed by atoms with van der Waals surface area (Å²) in [5.74, 6) is -0.422. The molecule has 3 N–H and O–H groups in total. The molecular weight excluding hydrogens is 885 g/mol. The predicted molar refractivity (Wildman–Crippen MR) is 261 cm³/mol. The average Bonchev–Trinajstić information content (AvgIpc) is 3.95. The zero-order valence-electron chi connectivity index (χ0n) is 38.8. The minimum atomic E-state index is -4.65. The van der Waals surface area contributed by atoms with Gasteiger partial charge in [0.05, 0.1) is 33.7 Å². The van der Waals surface area contributed by atoms with Gasteiger partial charge in [-0.05, 0) is 112 Å². The van der Waals surface area contributed by atoms with E-state index in [0.29, 0.717) is 66.5 Å². The number of ether oxygens (including phenoxy) is 2. The van der Waals surface area contributed by atoms with E-state index in [1.54, 1.807) is 6.07 Å². The second-order valence-electron chi connectivity index (χ2n) is 19.8. The van der Waals surface area contributed by atoms with E-state index < -0.39 is 31.4 Å². The predicted octanol–water partition coefficient (Wildman–Crippen LogP) is 6.83. The van der Waals surface area contributed by atoms with Crippen molar-refractivity contribution in [1.82, 2.24) is 29.4 Å². The number of likely N-dealkylation sites (tertiary alicyclic amines) is 1. The molecule has 4 fully saturated rings. The Bertz CT molecular complexity index is 2850. The Morgan fingerprint density at radius 2 is 1.75 bits per heavy atom. The Kier molecular flexibility index (Phi) is 11.7. The van der Waals surface area contributed by atoms with Crippen LogP contribution in [-0.4, -0.2) is 135 Å². The van der Waals surface area contributed by atoms with Gasteiger partial charge in [0.15, 0.2) is 11.4 Å². The van der Waals surface area contributed by atoms with Crippen LogP contribution in [0, 0.1) is 22.5 Å². The fourth-order valence-electron chi connectivity index (χ4n) is 11.7. The zero-order valence-corrected chi connectivity index (χ0v) is 39.6. The Morgan fingerprint density at radius 1 is 0.941 bits per heavy atom. The molecule has 5 aliphatic heterocycles. The summed E-state index contributed by atoms with van der Waals surface area (Å²) in [6.45, 7) is 10.4. The number of amides is 1. The molecule has 7 heterocycles. The Labute approximate surface area is 397 Å². The van der Waals surface area contributed by atoms with Crippen molar-refractivity contribution in [3.05, 3.63) is 99.7 Å². The van der Waals surface area contributed by atoms with Crippen LogP contribution >= 0.6 is 0 Å². The van der Waals surface area contributed by atoms with E-state index in [9.17, 15) is 23.3 Å². The van der Waals surface area contributed by atoms with Crippen LogP contribution in [0.2, 0.25) is 0 Å². The number of pyridine rings is 1. The molecule has 3 saturated heterocycles. The quantitative estimate of drug-likeness (QED) is 0.0980. The number of fused-ring (bicyclic) bond motifs is 3. The van der Waals surface area contributed by atoms with Crippen molar-refractivity contribution >= 4 is 55.4 Å². The third-order valence-electron chi connectivity index (χ3n) is 15.5. The molecule has 68 heavy (non-hydrogen) atoms. The van der Waals surface area contributed by atoms with E-state index in [2.05, 4.69) is 72.9 Å². The number of hydrogen-bond acceptors (Lipinski definition) is 14. The highest BCUT2D eigenvalue weighted by atomic mass is 32.2. The third kappa shape index (κ3) is 8.49. The molecule has 1 saturated carbocycles. The van der Waals surface area contributed by atoms with Gasteiger partial charge in [-0.2, -0.15) is 4.98 Å². The van der Waals surface area contributed by atoms with Crippen LogP contribution in [0.1, 0.15) is 72.5 Å². The number of piperazine rings is 1. The maximum absolute atomic E-state index is 14.5. The van der Waals surface area contributed by atoms with Crippen LogP contribution in [0.3, 0.4) is 0 Å². The van der Waals surface area contributed by atoms with Crippen molar-refractivity contribution in [3.8, 4) is 11.6 Å². The number of anilines is 4. The number of rotatable bonds is 10. The van der Waals surface area contributed by atoms with Gasteiger partial charge in [0.25, 0.3) is 21.6 Å². The number of H-pyrrole nitrogens is 1. The second kappa shape index (κ2) is 17.9. The number of aromatic amines is 1. The average molecular weight is 945 g/mol. The highest BCUT2D eigenvalue weighted by Gasteiger charge is 2.50. The molecule has 18 heteroatoms. The number of hydrogen-bond donors (Lipinski definition) is 3. The van der Waals surface area contributed by atoms with E-state index in [-0.39, 0.29) is 29.6 Å². The Morgan fingerprint density at radius 3 is 2.54 bits per heavy atom. The van der Waals surface area contributed by atoms with Gasteiger partial charge < -0.3 is 34.5 Å². The lowest BCUT2D eigenvalue weighted by Gasteiger charge is -2.56. The molecule has 0 unspecified atom stereocenters. The number of nitro groups is 1. The molecule has 5 aromatic rings. The second-order valence-corrected chi connectivity index (χ2v) is 21.5. The Balaban J connectivity index is 0.848. The number of piperidine rings is 1. The van der Waals surface area contributed by atoms with E-state index in [0.717, 1.165) is 75.8 Å². The zero-order chi connectivity index (χ0) is 46.7. The van der Waals surface area contributed by atoms with Crippen LogP contribution in [0.25, 0.3) is 11.0 Å². The van der Waals surface area contributed by atoms with Crippen molar-refractivity contribution in [2.45, 2.75) is 74.9 Å². The fraction of sp³-hybridized carbons (Fsp3) is 0.480. The first kappa shape index (κ1) is 44.5. The summed E-state index contributed by atoms with van der Waals surface area (Å²) in [4.78, 5) is 45.6. The lowest BCUT2D eigenvalue weighted by Crippen LogP contribution is -2.54. The van der Waals surface area contributed by atoms with Gasteiger partial charge >= 0.3 is 0 Å². The summed E-state index contributed by atoms with van der Waals surface area (Å²) in [6.07, 6.45) is 9.44. The van der Waals surface area contributed by atoms with Crippen LogP contribution in [0.5, 0.6) is 11.6 Å².